The van der Waals surface area contributed by atoms with E-state index in [2.05, 4.69) is 6.92 Å². The van der Waals surface area contributed by atoms with Crippen LogP contribution in [-0.2, 0) is 19.3 Å². The summed E-state index contributed by atoms with van der Waals surface area (Å²) < 4.78 is 63.2. The van der Waals surface area contributed by atoms with Crippen molar-refractivity contribution >= 4 is 5.57 Å². The molecular weight excluding hydrogens is 428 g/mol. The topological polar surface area (TPSA) is 9.23 Å². The molecule has 0 amide bonds. The van der Waals surface area contributed by atoms with Crippen LogP contribution in [0.1, 0.15) is 48.4 Å². The molecular formula is C28H26F4O. The molecule has 0 heterocycles. The molecule has 1 nitrogen and oxygen atoms in total. The summed E-state index contributed by atoms with van der Waals surface area (Å²) >= 11 is 0. The Morgan fingerprint density at radius 3 is 2.27 bits per heavy atom. The monoisotopic (exact) mass is 454 g/mol. The van der Waals surface area contributed by atoms with Crippen molar-refractivity contribution in [2.45, 2.75) is 45.4 Å². The van der Waals surface area contributed by atoms with Crippen LogP contribution < -0.4 is 4.74 Å². The summed E-state index contributed by atoms with van der Waals surface area (Å²) in [6.07, 6.45) is 6.87. The highest BCUT2D eigenvalue weighted by molar-refractivity contribution is 5.74. The van der Waals surface area contributed by atoms with Gasteiger partial charge in [0.1, 0.15) is 11.6 Å². The minimum atomic E-state index is -1.15. The zero-order valence-electron chi connectivity index (χ0n) is 18.8. The molecule has 0 aliphatic heterocycles. The van der Waals surface area contributed by atoms with Crippen molar-refractivity contribution in [1.82, 2.24) is 0 Å². The highest BCUT2D eigenvalue weighted by atomic mass is 19.2. The standard InChI is InChI=1S/C28H26F4O/c1-3-4-5-6-17-7-10-21(24(29)13-17)19-9-8-18-15-23(25(30)16-20(18)14-19)22-11-12-26(33-2)28(32)27(22)31/h7,9-13,15-16H,3-6,8,14H2,1-2H3. The van der Waals surface area contributed by atoms with E-state index in [1.54, 1.807) is 18.2 Å². The van der Waals surface area contributed by atoms with Gasteiger partial charge in [0.25, 0.3) is 0 Å². The summed E-state index contributed by atoms with van der Waals surface area (Å²) in [6, 6.07) is 10.8. The summed E-state index contributed by atoms with van der Waals surface area (Å²) in [5.74, 6) is -3.46. The first kappa shape index (κ1) is 23.1. The van der Waals surface area contributed by atoms with Crippen LogP contribution in [0.15, 0.2) is 48.5 Å². The first-order valence-corrected chi connectivity index (χ1v) is 11.2. The quantitative estimate of drug-likeness (QED) is 0.261. The second-order valence-corrected chi connectivity index (χ2v) is 8.43. The van der Waals surface area contributed by atoms with Gasteiger partial charge in [-0.05, 0) is 78.3 Å². The normalized spacial score (nSPS) is 13.0. The van der Waals surface area contributed by atoms with E-state index < -0.39 is 17.5 Å². The number of unbranched alkanes of at least 4 members (excludes halogenated alkanes) is 2. The fraction of sp³-hybridized carbons (Fsp3) is 0.286. The molecule has 0 fully saturated rings. The number of methoxy groups -OCH3 is 1. The highest BCUT2D eigenvalue weighted by Gasteiger charge is 2.22. The molecule has 1 aliphatic carbocycles. The van der Waals surface area contributed by atoms with Crippen LogP contribution >= 0.6 is 0 Å². The molecule has 0 atom stereocenters. The van der Waals surface area contributed by atoms with Gasteiger partial charge in [-0.25, -0.2) is 13.2 Å². The molecule has 1 aliphatic rings. The maximum Gasteiger partial charge on any atom is 0.201 e. The van der Waals surface area contributed by atoms with E-state index in [9.17, 15) is 17.6 Å². The largest absolute Gasteiger partial charge is 0.494 e. The number of hydrogen-bond acceptors (Lipinski definition) is 1. The smallest absolute Gasteiger partial charge is 0.201 e. The Balaban J connectivity index is 1.60. The second-order valence-electron chi connectivity index (χ2n) is 8.43. The van der Waals surface area contributed by atoms with E-state index in [1.807, 2.05) is 12.1 Å². The van der Waals surface area contributed by atoms with Gasteiger partial charge in [-0.3, -0.25) is 0 Å². The second kappa shape index (κ2) is 9.82. The van der Waals surface area contributed by atoms with Gasteiger partial charge in [0.05, 0.1) is 7.11 Å². The number of benzene rings is 3. The Morgan fingerprint density at radius 2 is 1.55 bits per heavy atom. The molecule has 3 aromatic carbocycles. The number of halogens is 4. The third-order valence-corrected chi connectivity index (χ3v) is 6.24. The van der Waals surface area contributed by atoms with E-state index in [1.165, 1.54) is 25.3 Å². The van der Waals surface area contributed by atoms with Crippen LogP contribution in [-0.4, -0.2) is 7.11 Å². The average Bonchev–Trinajstić information content (AvgIpc) is 2.80. The van der Waals surface area contributed by atoms with E-state index in [0.29, 0.717) is 18.4 Å². The molecule has 4 rings (SSSR count). The summed E-state index contributed by atoms with van der Waals surface area (Å²) in [5.41, 5.74) is 3.66. The zero-order chi connectivity index (χ0) is 23.5. The van der Waals surface area contributed by atoms with E-state index in [0.717, 1.165) is 47.9 Å². The van der Waals surface area contributed by atoms with Gasteiger partial charge in [0, 0.05) is 16.7 Å². The van der Waals surface area contributed by atoms with Crippen molar-refractivity contribution in [3.8, 4) is 16.9 Å². The molecule has 33 heavy (non-hydrogen) atoms. The predicted octanol–water partition coefficient (Wildman–Crippen LogP) is 7.83. The fourth-order valence-corrected chi connectivity index (χ4v) is 4.39. The molecule has 0 unspecified atom stereocenters. The van der Waals surface area contributed by atoms with Crippen molar-refractivity contribution in [2.75, 3.05) is 7.11 Å². The van der Waals surface area contributed by atoms with Crippen molar-refractivity contribution < 1.29 is 22.3 Å². The maximum absolute atomic E-state index is 15.0. The minimum Gasteiger partial charge on any atom is -0.494 e. The Bertz CT molecular complexity index is 1210. The van der Waals surface area contributed by atoms with E-state index in [-0.39, 0.29) is 22.7 Å². The Labute approximate surface area is 191 Å². The van der Waals surface area contributed by atoms with Gasteiger partial charge in [0.2, 0.25) is 5.82 Å². The summed E-state index contributed by atoms with van der Waals surface area (Å²) in [4.78, 5) is 0. The SMILES string of the molecule is CCCCCc1ccc(C2=CCc3cc(-c4ccc(OC)c(F)c4F)c(F)cc3C2)c(F)c1. The molecule has 3 aromatic rings. The molecule has 0 saturated carbocycles. The Morgan fingerprint density at radius 1 is 0.788 bits per heavy atom. The number of ether oxygens (including phenoxy) is 1. The van der Waals surface area contributed by atoms with Gasteiger partial charge in [-0.2, -0.15) is 4.39 Å². The van der Waals surface area contributed by atoms with E-state index in [4.69, 9.17) is 4.74 Å². The summed E-state index contributed by atoms with van der Waals surface area (Å²) in [5, 5.41) is 0. The number of rotatable bonds is 7. The molecule has 172 valence electrons. The molecule has 0 spiro atoms. The van der Waals surface area contributed by atoms with Gasteiger partial charge in [0.15, 0.2) is 11.6 Å². The lowest BCUT2D eigenvalue weighted by molar-refractivity contribution is 0.372. The minimum absolute atomic E-state index is 0.00716. The van der Waals surface area contributed by atoms with Crippen LogP contribution in [0.5, 0.6) is 5.75 Å². The Hall–Kier alpha value is -3.08. The van der Waals surface area contributed by atoms with Crippen molar-refractivity contribution in [1.29, 1.82) is 0 Å². The van der Waals surface area contributed by atoms with Crippen molar-refractivity contribution in [2.24, 2.45) is 0 Å². The van der Waals surface area contributed by atoms with Crippen LogP contribution in [0.2, 0.25) is 0 Å². The number of fused-ring (bicyclic) bond motifs is 1. The fourth-order valence-electron chi connectivity index (χ4n) is 4.39. The van der Waals surface area contributed by atoms with Crippen LogP contribution in [0, 0.1) is 23.3 Å². The summed E-state index contributed by atoms with van der Waals surface area (Å²) in [7, 11) is 1.24. The average molecular weight is 455 g/mol. The van der Waals surface area contributed by atoms with Gasteiger partial charge in [-0.1, -0.05) is 38.0 Å². The number of allylic oxidation sites excluding steroid dienone is 2. The lowest BCUT2D eigenvalue weighted by Crippen LogP contribution is -2.06. The molecule has 0 saturated heterocycles. The maximum atomic E-state index is 15.0. The van der Waals surface area contributed by atoms with Crippen LogP contribution in [0.4, 0.5) is 17.6 Å². The first-order chi connectivity index (χ1) is 15.9. The van der Waals surface area contributed by atoms with Crippen molar-refractivity contribution in [3.05, 3.63) is 94.1 Å². The van der Waals surface area contributed by atoms with Crippen LogP contribution in [0.3, 0.4) is 0 Å². The number of aryl methyl sites for hydroxylation is 1. The van der Waals surface area contributed by atoms with Crippen LogP contribution in [0.25, 0.3) is 16.7 Å². The molecule has 0 aromatic heterocycles. The Kier molecular flexibility index (Phi) is 6.87. The highest BCUT2D eigenvalue weighted by Crippen LogP contribution is 2.36. The van der Waals surface area contributed by atoms with Crippen molar-refractivity contribution in [3.63, 3.8) is 0 Å². The zero-order valence-corrected chi connectivity index (χ0v) is 18.8. The van der Waals surface area contributed by atoms with Gasteiger partial charge in [-0.15, -0.1) is 0 Å². The lowest BCUT2D eigenvalue weighted by Gasteiger charge is -2.20. The number of hydrogen-bond donors (Lipinski definition) is 0. The predicted molar refractivity (Wildman–Crippen MR) is 123 cm³/mol. The molecule has 0 radical (unpaired) electrons. The summed E-state index contributed by atoms with van der Waals surface area (Å²) in [6.45, 7) is 2.13. The third kappa shape index (κ3) is 4.68. The lowest BCUT2D eigenvalue weighted by atomic mass is 9.85. The molecule has 0 bridgehead atoms. The molecule has 0 N–H and O–H groups in total. The third-order valence-electron chi connectivity index (χ3n) is 6.24. The van der Waals surface area contributed by atoms with E-state index >= 15 is 0 Å². The van der Waals surface area contributed by atoms with Gasteiger partial charge >= 0.3 is 0 Å². The van der Waals surface area contributed by atoms with Gasteiger partial charge < -0.3 is 4.74 Å². The first-order valence-electron chi connectivity index (χ1n) is 11.2. The molecule has 5 heteroatoms.